The summed E-state index contributed by atoms with van der Waals surface area (Å²) in [5.74, 6) is 0.943. The highest BCUT2D eigenvalue weighted by molar-refractivity contribution is 5.38. The summed E-state index contributed by atoms with van der Waals surface area (Å²) in [5, 5.41) is 3.49. The molecular formula is C18H22N2O. The molecule has 1 aliphatic rings. The van der Waals surface area contributed by atoms with Crippen LogP contribution in [-0.2, 0) is 13.2 Å². The molecule has 1 saturated carbocycles. The summed E-state index contributed by atoms with van der Waals surface area (Å²) in [4.78, 5) is 4.65. The fourth-order valence-corrected chi connectivity index (χ4v) is 2.28. The molecule has 3 nitrogen and oxygen atoms in total. The number of nitrogens with zero attached hydrogens (tertiary/aromatic N) is 1. The fraction of sp³-hybridized carbons (Fsp3) is 0.389. The average Bonchev–Trinajstić information content (AvgIpc) is 3.31. The number of ether oxygens (including phenoxy) is 1. The van der Waals surface area contributed by atoms with E-state index in [1.165, 1.54) is 24.0 Å². The lowest BCUT2D eigenvalue weighted by atomic mass is 10.1. The van der Waals surface area contributed by atoms with E-state index in [0.717, 1.165) is 23.7 Å². The van der Waals surface area contributed by atoms with Crippen molar-refractivity contribution in [1.82, 2.24) is 10.3 Å². The molecule has 21 heavy (non-hydrogen) atoms. The third kappa shape index (κ3) is 3.82. The fourth-order valence-electron chi connectivity index (χ4n) is 2.28. The Morgan fingerprint density at radius 2 is 1.86 bits per heavy atom. The largest absolute Gasteiger partial charge is 0.487 e. The zero-order valence-electron chi connectivity index (χ0n) is 12.7. The number of hydrogen-bond donors (Lipinski definition) is 1. The first-order valence-corrected chi connectivity index (χ1v) is 7.59. The summed E-state index contributed by atoms with van der Waals surface area (Å²) in [6, 6.07) is 13.0. The molecule has 0 bridgehead atoms. The molecule has 1 heterocycles. The first-order chi connectivity index (χ1) is 10.2. The molecule has 0 atom stereocenters. The van der Waals surface area contributed by atoms with Crippen LogP contribution in [0.1, 0.15) is 35.4 Å². The Balaban J connectivity index is 1.61. The van der Waals surface area contributed by atoms with Gasteiger partial charge in [0.25, 0.3) is 0 Å². The van der Waals surface area contributed by atoms with Crippen molar-refractivity contribution in [2.24, 2.45) is 0 Å². The summed E-state index contributed by atoms with van der Waals surface area (Å²) in [5.41, 5.74) is 4.52. The Hall–Kier alpha value is -1.87. The number of benzene rings is 1. The van der Waals surface area contributed by atoms with Gasteiger partial charge in [-0.3, -0.25) is 4.98 Å². The highest BCUT2D eigenvalue weighted by Crippen LogP contribution is 2.21. The third-order valence-corrected chi connectivity index (χ3v) is 3.94. The average molecular weight is 282 g/mol. The molecule has 1 aromatic carbocycles. The van der Waals surface area contributed by atoms with E-state index >= 15 is 0 Å². The van der Waals surface area contributed by atoms with Gasteiger partial charge in [0.1, 0.15) is 12.4 Å². The van der Waals surface area contributed by atoms with Crippen LogP contribution in [0.25, 0.3) is 0 Å². The van der Waals surface area contributed by atoms with Gasteiger partial charge < -0.3 is 10.1 Å². The Morgan fingerprint density at radius 1 is 1.10 bits per heavy atom. The molecule has 2 aromatic rings. The van der Waals surface area contributed by atoms with E-state index < -0.39 is 0 Å². The van der Waals surface area contributed by atoms with Gasteiger partial charge in [-0.1, -0.05) is 18.2 Å². The maximum Gasteiger partial charge on any atom is 0.130 e. The Labute approximate surface area is 126 Å². The van der Waals surface area contributed by atoms with Gasteiger partial charge in [-0.2, -0.15) is 0 Å². The van der Waals surface area contributed by atoms with Gasteiger partial charge in [0.05, 0.1) is 11.4 Å². The zero-order valence-corrected chi connectivity index (χ0v) is 12.7. The van der Waals surface area contributed by atoms with Crippen molar-refractivity contribution in [3.05, 3.63) is 58.9 Å². The van der Waals surface area contributed by atoms with Crippen LogP contribution < -0.4 is 10.1 Å². The van der Waals surface area contributed by atoms with Crippen molar-refractivity contribution in [3.63, 3.8) is 0 Å². The van der Waals surface area contributed by atoms with Gasteiger partial charge in [-0.05, 0) is 56.0 Å². The number of aromatic nitrogens is 1. The Kier molecular flexibility index (Phi) is 4.20. The molecule has 0 saturated heterocycles. The highest BCUT2D eigenvalue weighted by atomic mass is 16.5. The van der Waals surface area contributed by atoms with Crippen molar-refractivity contribution in [2.45, 2.75) is 45.9 Å². The lowest BCUT2D eigenvalue weighted by molar-refractivity contribution is 0.298. The Morgan fingerprint density at radius 3 is 2.67 bits per heavy atom. The molecule has 0 radical (unpaired) electrons. The molecule has 1 aliphatic carbocycles. The van der Waals surface area contributed by atoms with Crippen LogP contribution in [0.5, 0.6) is 5.75 Å². The number of rotatable bonds is 6. The van der Waals surface area contributed by atoms with Crippen molar-refractivity contribution >= 4 is 0 Å². The highest BCUT2D eigenvalue weighted by Gasteiger charge is 2.20. The summed E-state index contributed by atoms with van der Waals surface area (Å²) < 4.78 is 5.91. The standard InChI is InChI=1S/C18H22N2O/c1-13-5-3-8-18(14(13)2)21-12-17-7-4-6-16(20-17)11-19-15-9-10-15/h3-8,15,19H,9-12H2,1-2H3. The molecule has 1 aromatic heterocycles. The molecule has 1 fully saturated rings. The van der Waals surface area contributed by atoms with Crippen LogP contribution in [0.2, 0.25) is 0 Å². The minimum atomic E-state index is 0.515. The van der Waals surface area contributed by atoms with Crippen LogP contribution in [0.15, 0.2) is 36.4 Å². The van der Waals surface area contributed by atoms with Gasteiger partial charge in [-0.15, -0.1) is 0 Å². The van der Waals surface area contributed by atoms with E-state index in [9.17, 15) is 0 Å². The molecule has 1 N–H and O–H groups in total. The first kappa shape index (κ1) is 14.1. The summed E-state index contributed by atoms with van der Waals surface area (Å²) in [6.07, 6.45) is 2.60. The second kappa shape index (κ2) is 6.27. The molecule has 0 spiro atoms. The van der Waals surface area contributed by atoms with E-state index in [1.54, 1.807) is 0 Å². The van der Waals surface area contributed by atoms with E-state index in [-0.39, 0.29) is 0 Å². The minimum Gasteiger partial charge on any atom is -0.487 e. The number of hydrogen-bond acceptors (Lipinski definition) is 3. The van der Waals surface area contributed by atoms with E-state index in [4.69, 9.17) is 4.74 Å². The lowest BCUT2D eigenvalue weighted by Gasteiger charge is -2.11. The predicted octanol–water partition coefficient (Wildman–Crippen LogP) is 3.53. The second-order valence-corrected chi connectivity index (χ2v) is 5.76. The van der Waals surface area contributed by atoms with Gasteiger partial charge in [0.15, 0.2) is 0 Å². The van der Waals surface area contributed by atoms with Crippen LogP contribution in [0.4, 0.5) is 0 Å². The van der Waals surface area contributed by atoms with Crippen LogP contribution in [0.3, 0.4) is 0 Å². The monoisotopic (exact) mass is 282 g/mol. The zero-order chi connectivity index (χ0) is 14.7. The molecule has 3 rings (SSSR count). The molecule has 3 heteroatoms. The summed E-state index contributed by atoms with van der Waals surface area (Å²) >= 11 is 0. The topological polar surface area (TPSA) is 34.1 Å². The van der Waals surface area contributed by atoms with Gasteiger partial charge in [0.2, 0.25) is 0 Å². The maximum atomic E-state index is 5.91. The molecule has 0 unspecified atom stereocenters. The van der Waals surface area contributed by atoms with Crippen molar-refractivity contribution in [1.29, 1.82) is 0 Å². The van der Waals surface area contributed by atoms with Crippen molar-refractivity contribution in [2.75, 3.05) is 0 Å². The maximum absolute atomic E-state index is 5.91. The van der Waals surface area contributed by atoms with Gasteiger partial charge >= 0.3 is 0 Å². The quantitative estimate of drug-likeness (QED) is 0.880. The number of aryl methyl sites for hydroxylation is 1. The van der Waals surface area contributed by atoms with Gasteiger partial charge in [0, 0.05) is 12.6 Å². The van der Waals surface area contributed by atoms with E-state index in [1.807, 2.05) is 18.2 Å². The van der Waals surface area contributed by atoms with Crippen LogP contribution in [0, 0.1) is 13.8 Å². The predicted molar refractivity (Wildman–Crippen MR) is 84.3 cm³/mol. The summed E-state index contributed by atoms with van der Waals surface area (Å²) in [6.45, 7) is 5.56. The second-order valence-electron chi connectivity index (χ2n) is 5.76. The number of nitrogens with one attached hydrogen (secondary N) is 1. The SMILES string of the molecule is Cc1cccc(OCc2cccc(CNC3CC3)n2)c1C. The van der Waals surface area contributed by atoms with E-state index in [2.05, 4.69) is 42.3 Å². The molecule has 0 amide bonds. The minimum absolute atomic E-state index is 0.515. The first-order valence-electron chi connectivity index (χ1n) is 7.59. The normalized spacial score (nSPS) is 14.2. The lowest BCUT2D eigenvalue weighted by Crippen LogP contribution is -2.16. The Bertz CT molecular complexity index is 620. The third-order valence-electron chi connectivity index (χ3n) is 3.94. The van der Waals surface area contributed by atoms with Crippen molar-refractivity contribution in [3.8, 4) is 5.75 Å². The number of pyridine rings is 1. The van der Waals surface area contributed by atoms with Crippen molar-refractivity contribution < 1.29 is 4.74 Å². The van der Waals surface area contributed by atoms with Crippen LogP contribution in [-0.4, -0.2) is 11.0 Å². The molecular weight excluding hydrogens is 260 g/mol. The smallest absolute Gasteiger partial charge is 0.130 e. The summed E-state index contributed by atoms with van der Waals surface area (Å²) in [7, 11) is 0. The van der Waals surface area contributed by atoms with Crippen LogP contribution >= 0.6 is 0 Å². The van der Waals surface area contributed by atoms with E-state index in [0.29, 0.717) is 12.6 Å². The molecule has 0 aliphatic heterocycles. The van der Waals surface area contributed by atoms with Gasteiger partial charge in [-0.25, -0.2) is 0 Å². The molecule has 110 valence electrons.